The molecule has 0 saturated carbocycles. The molecule has 0 aliphatic heterocycles. The van der Waals surface area contributed by atoms with Crippen molar-refractivity contribution in [1.29, 1.82) is 0 Å². The van der Waals surface area contributed by atoms with Crippen LogP contribution in [0.3, 0.4) is 0 Å². The van der Waals surface area contributed by atoms with Crippen molar-refractivity contribution in [3.63, 3.8) is 0 Å². The third kappa shape index (κ3) is 5.40. The van der Waals surface area contributed by atoms with Gasteiger partial charge in [0.15, 0.2) is 0 Å². The number of para-hydroxylation sites is 1. The third-order valence-electron chi connectivity index (χ3n) is 2.78. The smallest absolute Gasteiger partial charge is 0.268 e. The van der Waals surface area contributed by atoms with Gasteiger partial charge in [-0.25, -0.2) is 0 Å². The largest absolute Gasteiger partial charge is 0.285 e. The molecule has 0 amide bonds. The molecule has 1 rings (SSSR count). The van der Waals surface area contributed by atoms with Gasteiger partial charge in [0.2, 0.25) is 0 Å². The van der Waals surface area contributed by atoms with Crippen molar-refractivity contribution in [2.45, 2.75) is 31.4 Å². The van der Waals surface area contributed by atoms with E-state index in [2.05, 4.69) is 5.10 Å². The highest BCUT2D eigenvalue weighted by Gasteiger charge is 2.20. The lowest BCUT2D eigenvalue weighted by Gasteiger charge is -2.13. The molecule has 1 aromatic rings. The van der Waals surface area contributed by atoms with Crippen LogP contribution in [0.2, 0.25) is 0 Å². The maximum Gasteiger partial charge on any atom is 0.268 e. The van der Waals surface area contributed by atoms with Gasteiger partial charge in [-0.1, -0.05) is 31.5 Å². The van der Waals surface area contributed by atoms with Crippen molar-refractivity contribution < 1.29 is 13.0 Å². The van der Waals surface area contributed by atoms with E-state index < -0.39 is 15.4 Å². The SMILES string of the molecule is CCCC(CC=NN(C)c1ccccc1)S(=O)(=O)O. The van der Waals surface area contributed by atoms with Crippen LogP contribution >= 0.6 is 0 Å². The molecule has 1 aromatic carbocycles. The Kier molecular flexibility index (Phi) is 5.98. The van der Waals surface area contributed by atoms with Gasteiger partial charge in [0, 0.05) is 19.7 Å². The summed E-state index contributed by atoms with van der Waals surface area (Å²) in [5.74, 6) is 0. The fourth-order valence-electron chi connectivity index (χ4n) is 1.71. The van der Waals surface area contributed by atoms with E-state index >= 15 is 0 Å². The van der Waals surface area contributed by atoms with Gasteiger partial charge in [-0.2, -0.15) is 13.5 Å². The number of hydrogen-bond acceptors (Lipinski definition) is 4. The van der Waals surface area contributed by atoms with Crippen LogP contribution in [-0.4, -0.2) is 31.5 Å². The van der Waals surface area contributed by atoms with E-state index in [1.54, 1.807) is 12.1 Å². The lowest BCUT2D eigenvalue weighted by molar-refractivity contribution is 0.462. The Bertz CT molecular complexity index is 500. The monoisotopic (exact) mass is 284 g/mol. The van der Waals surface area contributed by atoms with E-state index in [0.717, 1.165) is 5.69 Å². The van der Waals surface area contributed by atoms with Crippen molar-refractivity contribution in [2.75, 3.05) is 12.1 Å². The van der Waals surface area contributed by atoms with E-state index in [4.69, 9.17) is 4.55 Å². The first kappa shape index (κ1) is 15.7. The molecule has 0 aliphatic rings. The summed E-state index contributed by atoms with van der Waals surface area (Å²) in [6.07, 6.45) is 2.87. The minimum absolute atomic E-state index is 0.212. The Morgan fingerprint density at radius 3 is 2.53 bits per heavy atom. The number of benzene rings is 1. The van der Waals surface area contributed by atoms with Crippen LogP contribution in [0.5, 0.6) is 0 Å². The number of nitrogens with zero attached hydrogens (tertiary/aromatic N) is 2. The lowest BCUT2D eigenvalue weighted by atomic mass is 10.2. The van der Waals surface area contributed by atoms with Crippen LogP contribution < -0.4 is 5.01 Å². The maximum atomic E-state index is 11.1. The molecule has 0 fully saturated rings. The zero-order valence-electron chi connectivity index (χ0n) is 11.2. The second-order valence-electron chi connectivity index (χ2n) is 4.32. The van der Waals surface area contributed by atoms with Gasteiger partial charge in [0.1, 0.15) is 0 Å². The van der Waals surface area contributed by atoms with Crippen molar-refractivity contribution in [3.8, 4) is 0 Å². The van der Waals surface area contributed by atoms with Crippen molar-refractivity contribution >= 4 is 22.0 Å². The number of rotatable bonds is 7. The molecule has 0 aromatic heterocycles. The molecule has 0 saturated heterocycles. The minimum atomic E-state index is -4.00. The summed E-state index contributed by atoms with van der Waals surface area (Å²) in [4.78, 5) is 0. The lowest BCUT2D eigenvalue weighted by Crippen LogP contribution is -2.21. The predicted octanol–water partition coefficient (Wildman–Crippen LogP) is 2.56. The highest BCUT2D eigenvalue weighted by Crippen LogP contribution is 2.13. The molecule has 0 bridgehead atoms. The second-order valence-corrected chi connectivity index (χ2v) is 6.02. The summed E-state index contributed by atoms with van der Waals surface area (Å²) in [5, 5.41) is 5.05. The van der Waals surface area contributed by atoms with Gasteiger partial charge in [0.05, 0.1) is 10.9 Å². The maximum absolute atomic E-state index is 11.1. The second kappa shape index (κ2) is 7.25. The fourth-order valence-corrected chi connectivity index (χ4v) is 2.57. The van der Waals surface area contributed by atoms with E-state index in [-0.39, 0.29) is 6.42 Å². The molecule has 1 unspecified atom stereocenters. The predicted molar refractivity (Wildman–Crippen MR) is 78.2 cm³/mol. The highest BCUT2D eigenvalue weighted by atomic mass is 32.2. The Morgan fingerprint density at radius 2 is 2.00 bits per heavy atom. The summed E-state index contributed by atoms with van der Waals surface area (Å²) in [6, 6.07) is 9.53. The van der Waals surface area contributed by atoms with Crippen LogP contribution in [0.25, 0.3) is 0 Å². The van der Waals surface area contributed by atoms with Crippen molar-refractivity contribution in [3.05, 3.63) is 30.3 Å². The standard InChI is InChI=1S/C13H20N2O3S/c1-3-7-13(19(16,17)18)10-11-14-15(2)12-8-5-4-6-9-12/h4-6,8-9,11,13H,3,7,10H2,1-2H3,(H,16,17,18). The zero-order valence-corrected chi connectivity index (χ0v) is 12.0. The van der Waals surface area contributed by atoms with Gasteiger partial charge in [0.25, 0.3) is 10.1 Å². The molecule has 0 radical (unpaired) electrons. The van der Waals surface area contributed by atoms with E-state index in [1.165, 1.54) is 6.21 Å². The molecular formula is C13H20N2O3S. The number of anilines is 1. The van der Waals surface area contributed by atoms with Crippen LogP contribution in [0.4, 0.5) is 5.69 Å². The normalized spacial score (nSPS) is 13.6. The quantitative estimate of drug-likeness (QED) is 0.474. The van der Waals surface area contributed by atoms with Crippen LogP contribution in [0.15, 0.2) is 35.4 Å². The Morgan fingerprint density at radius 1 is 1.37 bits per heavy atom. The van der Waals surface area contributed by atoms with Crippen LogP contribution in [0.1, 0.15) is 26.2 Å². The average Bonchev–Trinajstić information content (AvgIpc) is 2.37. The Labute approximate surface area is 114 Å². The molecule has 106 valence electrons. The fraction of sp³-hybridized carbons (Fsp3) is 0.462. The molecule has 0 aliphatic carbocycles. The van der Waals surface area contributed by atoms with Gasteiger partial charge in [-0.15, -0.1) is 0 Å². The molecule has 6 heteroatoms. The Balaban J connectivity index is 2.62. The van der Waals surface area contributed by atoms with Crippen LogP contribution in [0, 0.1) is 0 Å². The van der Waals surface area contributed by atoms with E-state index in [9.17, 15) is 8.42 Å². The summed E-state index contributed by atoms with van der Waals surface area (Å²) in [7, 11) is -2.21. The summed E-state index contributed by atoms with van der Waals surface area (Å²) >= 11 is 0. The van der Waals surface area contributed by atoms with Crippen molar-refractivity contribution in [1.82, 2.24) is 0 Å². The molecule has 19 heavy (non-hydrogen) atoms. The molecule has 5 nitrogen and oxygen atoms in total. The minimum Gasteiger partial charge on any atom is -0.285 e. The first-order valence-corrected chi connectivity index (χ1v) is 7.73. The van der Waals surface area contributed by atoms with Gasteiger partial charge < -0.3 is 0 Å². The van der Waals surface area contributed by atoms with Crippen LogP contribution in [-0.2, 0) is 10.1 Å². The van der Waals surface area contributed by atoms with Gasteiger partial charge in [-0.05, 0) is 18.6 Å². The van der Waals surface area contributed by atoms with Crippen molar-refractivity contribution in [2.24, 2.45) is 5.10 Å². The highest BCUT2D eigenvalue weighted by molar-refractivity contribution is 7.86. The molecule has 1 N–H and O–H groups in total. The van der Waals surface area contributed by atoms with E-state index in [1.807, 2.05) is 37.3 Å². The number of hydrogen-bond donors (Lipinski definition) is 1. The molecular weight excluding hydrogens is 264 g/mol. The average molecular weight is 284 g/mol. The topological polar surface area (TPSA) is 70.0 Å². The number of hydrazone groups is 1. The summed E-state index contributed by atoms with van der Waals surface area (Å²) < 4.78 is 31.4. The zero-order chi connectivity index (χ0) is 14.3. The Hall–Kier alpha value is -1.40. The first-order chi connectivity index (χ1) is 8.95. The summed E-state index contributed by atoms with van der Waals surface area (Å²) in [5.41, 5.74) is 0.914. The van der Waals surface area contributed by atoms with Gasteiger partial charge in [-0.3, -0.25) is 9.56 Å². The molecule has 1 atom stereocenters. The van der Waals surface area contributed by atoms with Gasteiger partial charge >= 0.3 is 0 Å². The molecule has 0 spiro atoms. The molecule has 0 heterocycles. The van der Waals surface area contributed by atoms with E-state index in [0.29, 0.717) is 12.8 Å². The third-order valence-corrected chi connectivity index (χ3v) is 4.06. The first-order valence-electron chi connectivity index (χ1n) is 6.22. The summed E-state index contributed by atoms with van der Waals surface area (Å²) in [6.45, 7) is 1.88.